The number of fused-ring (bicyclic) bond motifs is 1. The van der Waals surface area contributed by atoms with Gasteiger partial charge in [0.1, 0.15) is 5.75 Å². The van der Waals surface area contributed by atoms with Crippen molar-refractivity contribution in [1.82, 2.24) is 0 Å². The van der Waals surface area contributed by atoms with Crippen LogP contribution in [0.25, 0.3) is 11.1 Å². The van der Waals surface area contributed by atoms with Gasteiger partial charge in [0.05, 0.1) is 0 Å². The summed E-state index contributed by atoms with van der Waals surface area (Å²) < 4.78 is 13.6. The number of aryl methyl sites for hydroxylation is 1. The number of phenols is 2. The van der Waals surface area contributed by atoms with Gasteiger partial charge in [0.15, 0.2) is 11.6 Å². The summed E-state index contributed by atoms with van der Waals surface area (Å²) >= 11 is 3.48. The number of hydrogen-bond donors (Lipinski definition) is 2. The maximum absolute atomic E-state index is 13.6. The number of benzene rings is 2. The van der Waals surface area contributed by atoms with Gasteiger partial charge in [-0.15, -0.1) is 0 Å². The molecule has 0 amide bonds. The van der Waals surface area contributed by atoms with Crippen LogP contribution in [0.5, 0.6) is 11.5 Å². The maximum atomic E-state index is 13.6. The molecule has 2 nitrogen and oxygen atoms in total. The molecule has 1 aliphatic rings. The van der Waals surface area contributed by atoms with E-state index in [-0.39, 0.29) is 5.75 Å². The first kappa shape index (κ1) is 19.9. The Morgan fingerprint density at radius 2 is 1.74 bits per heavy atom. The Labute approximate surface area is 168 Å². The number of unbranched alkanes of at least 4 members (excludes halogenated alkanes) is 3. The Hall–Kier alpha value is -1.81. The predicted octanol–water partition coefficient (Wildman–Crippen LogP) is 6.83. The number of alkyl halides is 1. The molecule has 0 radical (unpaired) electrons. The van der Waals surface area contributed by atoms with Gasteiger partial charge in [0.2, 0.25) is 0 Å². The van der Waals surface area contributed by atoms with Gasteiger partial charge in [-0.3, -0.25) is 0 Å². The molecule has 0 atom stereocenters. The summed E-state index contributed by atoms with van der Waals surface area (Å²) in [5.41, 5.74) is 5.71. The highest BCUT2D eigenvalue weighted by Gasteiger charge is 2.19. The molecule has 0 aliphatic heterocycles. The Morgan fingerprint density at radius 3 is 2.52 bits per heavy atom. The standard InChI is InChI=1S/C23H26BrFO2/c24-13-4-2-1-3-7-21-19(17-9-12-22(25)23(27)15-17)8-5-6-16-14-18(26)10-11-20(16)21/h9-12,14-15,26-27H,1-8,13H2. The third-order valence-electron chi connectivity index (χ3n) is 5.26. The normalized spacial score (nSPS) is 14.1. The summed E-state index contributed by atoms with van der Waals surface area (Å²) in [6.07, 6.45) is 8.37. The minimum absolute atomic E-state index is 0.299. The van der Waals surface area contributed by atoms with Gasteiger partial charge in [-0.05, 0) is 90.6 Å². The summed E-state index contributed by atoms with van der Waals surface area (Å²) in [5.74, 6) is -0.588. The van der Waals surface area contributed by atoms with Crippen molar-refractivity contribution in [3.05, 3.63) is 58.9 Å². The van der Waals surface area contributed by atoms with Crippen LogP contribution in [0.4, 0.5) is 4.39 Å². The molecule has 1 aliphatic carbocycles. The second-order valence-corrected chi connectivity index (χ2v) is 7.96. The largest absolute Gasteiger partial charge is 0.508 e. The SMILES string of the molecule is Oc1ccc2c(c1)CCCC(c1ccc(F)c(O)c1)=C2CCCCCCBr. The average molecular weight is 433 g/mol. The Morgan fingerprint density at radius 1 is 0.926 bits per heavy atom. The minimum Gasteiger partial charge on any atom is -0.508 e. The molecule has 0 spiro atoms. The number of rotatable bonds is 7. The zero-order valence-corrected chi connectivity index (χ0v) is 17.1. The Kier molecular flexibility index (Phi) is 6.95. The first-order valence-corrected chi connectivity index (χ1v) is 10.8. The molecule has 27 heavy (non-hydrogen) atoms. The van der Waals surface area contributed by atoms with E-state index in [1.165, 1.54) is 47.6 Å². The molecule has 3 rings (SSSR count). The predicted molar refractivity (Wildman–Crippen MR) is 113 cm³/mol. The van der Waals surface area contributed by atoms with Crippen LogP contribution in [0, 0.1) is 5.82 Å². The van der Waals surface area contributed by atoms with Crippen molar-refractivity contribution in [3.63, 3.8) is 0 Å². The van der Waals surface area contributed by atoms with Gasteiger partial charge >= 0.3 is 0 Å². The van der Waals surface area contributed by atoms with Crippen LogP contribution >= 0.6 is 15.9 Å². The molecule has 4 heteroatoms. The molecule has 0 saturated heterocycles. The fourth-order valence-corrected chi connectivity index (χ4v) is 4.30. The smallest absolute Gasteiger partial charge is 0.164 e. The number of phenolic OH excluding ortho intramolecular Hbond substituents is 2. The van der Waals surface area contributed by atoms with E-state index in [0.29, 0.717) is 5.75 Å². The van der Waals surface area contributed by atoms with Crippen molar-refractivity contribution in [2.45, 2.75) is 51.4 Å². The van der Waals surface area contributed by atoms with Crippen molar-refractivity contribution in [3.8, 4) is 11.5 Å². The molecule has 0 heterocycles. The van der Waals surface area contributed by atoms with E-state index < -0.39 is 5.82 Å². The molecule has 2 aromatic carbocycles. The third-order valence-corrected chi connectivity index (χ3v) is 5.82. The summed E-state index contributed by atoms with van der Waals surface area (Å²) in [6.45, 7) is 0. The van der Waals surface area contributed by atoms with Crippen molar-refractivity contribution in [2.75, 3.05) is 5.33 Å². The van der Waals surface area contributed by atoms with E-state index in [4.69, 9.17) is 0 Å². The lowest BCUT2D eigenvalue weighted by Crippen LogP contribution is -1.95. The van der Waals surface area contributed by atoms with Gasteiger partial charge < -0.3 is 10.2 Å². The molecule has 0 saturated carbocycles. The third kappa shape index (κ3) is 4.92. The molecule has 0 unspecified atom stereocenters. The highest BCUT2D eigenvalue weighted by Crippen LogP contribution is 2.40. The second kappa shape index (κ2) is 9.41. The summed E-state index contributed by atoms with van der Waals surface area (Å²) in [6, 6.07) is 10.3. The lowest BCUT2D eigenvalue weighted by Gasteiger charge is -2.16. The fourth-order valence-electron chi connectivity index (χ4n) is 3.90. The molecular weight excluding hydrogens is 407 g/mol. The van der Waals surface area contributed by atoms with Crippen LogP contribution in [-0.4, -0.2) is 15.5 Å². The van der Waals surface area contributed by atoms with Gasteiger partial charge in [-0.2, -0.15) is 0 Å². The van der Waals surface area contributed by atoms with E-state index >= 15 is 0 Å². The summed E-state index contributed by atoms with van der Waals surface area (Å²) in [4.78, 5) is 0. The van der Waals surface area contributed by atoms with Crippen molar-refractivity contribution >= 4 is 27.1 Å². The molecule has 0 aromatic heterocycles. The Balaban J connectivity index is 2.00. The summed E-state index contributed by atoms with van der Waals surface area (Å²) in [5, 5.41) is 20.8. The lowest BCUT2D eigenvalue weighted by molar-refractivity contribution is 0.432. The van der Waals surface area contributed by atoms with E-state index in [2.05, 4.69) is 15.9 Å². The molecule has 0 fully saturated rings. The van der Waals surface area contributed by atoms with Crippen LogP contribution in [0.1, 0.15) is 61.6 Å². The number of aromatic hydroxyl groups is 2. The lowest BCUT2D eigenvalue weighted by atomic mass is 9.89. The van der Waals surface area contributed by atoms with Crippen LogP contribution in [0.2, 0.25) is 0 Å². The highest BCUT2D eigenvalue weighted by molar-refractivity contribution is 9.09. The first-order chi connectivity index (χ1) is 13.1. The van der Waals surface area contributed by atoms with Crippen LogP contribution in [0.3, 0.4) is 0 Å². The van der Waals surface area contributed by atoms with Gasteiger partial charge in [0.25, 0.3) is 0 Å². The van der Waals surface area contributed by atoms with Crippen molar-refractivity contribution < 1.29 is 14.6 Å². The monoisotopic (exact) mass is 432 g/mol. The molecule has 2 N–H and O–H groups in total. The zero-order valence-electron chi connectivity index (χ0n) is 15.5. The Bertz CT molecular complexity index is 829. The van der Waals surface area contributed by atoms with Crippen LogP contribution < -0.4 is 0 Å². The molecular formula is C23H26BrFO2. The van der Waals surface area contributed by atoms with Crippen molar-refractivity contribution in [1.29, 1.82) is 0 Å². The molecule has 2 aromatic rings. The fraction of sp³-hybridized carbons (Fsp3) is 0.391. The second-order valence-electron chi connectivity index (χ2n) is 7.17. The number of allylic oxidation sites excluding steroid dienone is 2. The minimum atomic E-state index is -0.588. The number of halogens is 2. The van der Waals surface area contributed by atoms with E-state index in [1.807, 2.05) is 12.1 Å². The average Bonchev–Trinajstić information content (AvgIpc) is 2.83. The van der Waals surface area contributed by atoms with Gasteiger partial charge in [0, 0.05) is 5.33 Å². The quantitative estimate of drug-likeness (QED) is 0.371. The van der Waals surface area contributed by atoms with Crippen molar-refractivity contribution in [2.24, 2.45) is 0 Å². The van der Waals surface area contributed by atoms with Gasteiger partial charge in [-0.25, -0.2) is 4.39 Å². The van der Waals surface area contributed by atoms with Crippen LogP contribution in [-0.2, 0) is 6.42 Å². The molecule has 144 valence electrons. The summed E-state index contributed by atoms with van der Waals surface area (Å²) in [7, 11) is 0. The van der Waals surface area contributed by atoms with E-state index in [9.17, 15) is 14.6 Å². The highest BCUT2D eigenvalue weighted by atomic mass is 79.9. The van der Waals surface area contributed by atoms with Crippen LogP contribution in [0.15, 0.2) is 36.4 Å². The zero-order chi connectivity index (χ0) is 19.2. The molecule has 0 bridgehead atoms. The number of hydrogen-bond acceptors (Lipinski definition) is 2. The topological polar surface area (TPSA) is 40.5 Å². The van der Waals surface area contributed by atoms with E-state index in [1.54, 1.807) is 18.2 Å². The first-order valence-electron chi connectivity index (χ1n) is 9.69. The van der Waals surface area contributed by atoms with Gasteiger partial charge in [-0.1, -0.05) is 40.9 Å². The van der Waals surface area contributed by atoms with E-state index in [0.717, 1.165) is 43.0 Å². The maximum Gasteiger partial charge on any atom is 0.164 e.